The van der Waals surface area contributed by atoms with Crippen LogP contribution in [0.15, 0.2) is 71.0 Å². The molecule has 4 rings (SSSR count). The lowest BCUT2D eigenvalue weighted by Gasteiger charge is -2.08. The van der Waals surface area contributed by atoms with Gasteiger partial charge in [0.05, 0.1) is 17.1 Å². The third-order valence-electron chi connectivity index (χ3n) is 4.53. The lowest BCUT2D eigenvalue weighted by molar-refractivity contribution is 0.0819. The Balaban J connectivity index is 1.52. The highest BCUT2D eigenvalue weighted by Crippen LogP contribution is 2.26. The summed E-state index contributed by atoms with van der Waals surface area (Å²) in [6.45, 7) is 3.27. The zero-order chi connectivity index (χ0) is 21.1. The molecule has 0 saturated carbocycles. The molecule has 30 heavy (non-hydrogen) atoms. The number of nitrogens with zero attached hydrogens (tertiary/aromatic N) is 5. The standard InChI is InChI=1S/C22H18FN5O2/c1-14-21(26-25-18-10-8-17(23)9-11-18)15(2)28(27-14)20(29)13-30-19-7-3-5-16-6-4-12-24-22(16)19/h3-12H,13H2,1-2H3. The molecule has 0 aliphatic heterocycles. The summed E-state index contributed by atoms with van der Waals surface area (Å²) in [7, 11) is 0. The van der Waals surface area contributed by atoms with E-state index in [-0.39, 0.29) is 18.3 Å². The Morgan fingerprint density at radius 2 is 1.83 bits per heavy atom. The van der Waals surface area contributed by atoms with Gasteiger partial charge >= 0.3 is 0 Å². The van der Waals surface area contributed by atoms with Crippen molar-refractivity contribution < 1.29 is 13.9 Å². The third kappa shape index (κ3) is 3.93. The molecular formula is C22H18FN5O2. The maximum Gasteiger partial charge on any atom is 0.285 e. The predicted octanol–water partition coefficient (Wildman–Crippen LogP) is 5.32. The zero-order valence-corrected chi connectivity index (χ0v) is 16.4. The number of ether oxygens (including phenoxy) is 1. The average Bonchev–Trinajstić information content (AvgIpc) is 3.05. The Labute approximate surface area is 171 Å². The van der Waals surface area contributed by atoms with Gasteiger partial charge in [-0.3, -0.25) is 9.78 Å². The first kappa shape index (κ1) is 19.4. The Morgan fingerprint density at radius 3 is 2.63 bits per heavy atom. The number of aromatic nitrogens is 3. The lowest BCUT2D eigenvalue weighted by Crippen LogP contribution is -2.21. The fourth-order valence-electron chi connectivity index (χ4n) is 3.03. The molecular weight excluding hydrogens is 385 g/mol. The number of pyridine rings is 1. The largest absolute Gasteiger partial charge is 0.481 e. The molecule has 0 bridgehead atoms. The summed E-state index contributed by atoms with van der Waals surface area (Å²) in [6, 6.07) is 15.0. The Hall–Kier alpha value is -3.94. The number of hydrogen-bond acceptors (Lipinski definition) is 6. The zero-order valence-electron chi connectivity index (χ0n) is 16.4. The molecule has 2 aromatic heterocycles. The Morgan fingerprint density at radius 1 is 1.07 bits per heavy atom. The summed E-state index contributed by atoms with van der Waals surface area (Å²) >= 11 is 0. The molecule has 0 aliphatic carbocycles. The van der Waals surface area contributed by atoms with Crippen molar-refractivity contribution in [3.8, 4) is 5.75 Å². The highest BCUT2D eigenvalue weighted by molar-refractivity contribution is 5.85. The third-order valence-corrected chi connectivity index (χ3v) is 4.53. The fraction of sp³-hybridized carbons (Fsp3) is 0.136. The quantitative estimate of drug-likeness (QED) is 0.422. The van der Waals surface area contributed by atoms with Crippen LogP contribution in [-0.4, -0.2) is 27.3 Å². The van der Waals surface area contributed by atoms with E-state index in [1.807, 2.05) is 24.3 Å². The van der Waals surface area contributed by atoms with Gasteiger partial charge in [0.2, 0.25) is 0 Å². The second-order valence-electron chi connectivity index (χ2n) is 6.62. The van der Waals surface area contributed by atoms with Crippen LogP contribution in [0.4, 0.5) is 15.8 Å². The van der Waals surface area contributed by atoms with Crippen molar-refractivity contribution in [3.05, 3.63) is 78.0 Å². The second-order valence-corrected chi connectivity index (χ2v) is 6.62. The van der Waals surface area contributed by atoms with Crippen LogP contribution >= 0.6 is 0 Å². The number of aryl methyl sites for hydroxylation is 1. The van der Waals surface area contributed by atoms with E-state index < -0.39 is 0 Å². The maximum atomic E-state index is 13.0. The van der Waals surface area contributed by atoms with E-state index in [0.717, 1.165) is 5.39 Å². The van der Waals surface area contributed by atoms with Crippen LogP contribution in [0.5, 0.6) is 5.75 Å². The monoisotopic (exact) mass is 403 g/mol. The SMILES string of the molecule is Cc1nn(C(=O)COc2cccc3cccnc23)c(C)c1N=Nc1ccc(F)cc1. The van der Waals surface area contributed by atoms with Gasteiger partial charge < -0.3 is 4.74 Å². The Kier molecular flexibility index (Phi) is 5.30. The number of para-hydroxylation sites is 1. The topological polar surface area (TPSA) is 81.7 Å². The minimum atomic E-state index is -0.346. The smallest absolute Gasteiger partial charge is 0.285 e. The van der Waals surface area contributed by atoms with Crippen molar-refractivity contribution in [2.24, 2.45) is 10.2 Å². The number of benzene rings is 2. The van der Waals surface area contributed by atoms with E-state index in [9.17, 15) is 9.18 Å². The van der Waals surface area contributed by atoms with E-state index in [1.54, 1.807) is 26.1 Å². The summed E-state index contributed by atoms with van der Waals surface area (Å²) < 4.78 is 20.0. The summed E-state index contributed by atoms with van der Waals surface area (Å²) in [4.78, 5) is 17.0. The fourth-order valence-corrected chi connectivity index (χ4v) is 3.03. The number of hydrogen-bond donors (Lipinski definition) is 0. The van der Waals surface area contributed by atoms with Gasteiger partial charge in [-0.15, -0.1) is 5.11 Å². The van der Waals surface area contributed by atoms with Crippen molar-refractivity contribution in [1.82, 2.24) is 14.8 Å². The number of carbonyl (C=O) groups is 1. The first-order valence-electron chi connectivity index (χ1n) is 9.26. The number of rotatable bonds is 5. The average molecular weight is 403 g/mol. The molecule has 0 fully saturated rings. The van der Waals surface area contributed by atoms with E-state index in [0.29, 0.717) is 34.0 Å². The van der Waals surface area contributed by atoms with E-state index >= 15 is 0 Å². The molecule has 150 valence electrons. The number of fused-ring (bicyclic) bond motifs is 1. The van der Waals surface area contributed by atoms with Gasteiger partial charge in [0, 0.05) is 11.6 Å². The van der Waals surface area contributed by atoms with Crippen LogP contribution in [0.25, 0.3) is 10.9 Å². The molecule has 0 amide bonds. The van der Waals surface area contributed by atoms with Gasteiger partial charge in [-0.2, -0.15) is 14.9 Å². The first-order valence-corrected chi connectivity index (χ1v) is 9.26. The normalized spacial score (nSPS) is 11.3. The van der Waals surface area contributed by atoms with Gasteiger partial charge in [-0.05, 0) is 50.2 Å². The molecule has 0 spiro atoms. The summed E-state index contributed by atoms with van der Waals surface area (Å²) in [5.74, 6) is -0.160. The van der Waals surface area contributed by atoms with E-state index in [1.165, 1.54) is 28.9 Å². The van der Waals surface area contributed by atoms with Crippen LogP contribution in [0.1, 0.15) is 16.2 Å². The van der Waals surface area contributed by atoms with Crippen LogP contribution in [0.3, 0.4) is 0 Å². The molecule has 4 aromatic rings. The first-order chi connectivity index (χ1) is 14.5. The molecule has 8 heteroatoms. The summed E-state index contributed by atoms with van der Waals surface area (Å²) in [6.07, 6.45) is 1.68. The molecule has 0 saturated heterocycles. The van der Waals surface area contributed by atoms with Crippen molar-refractivity contribution in [1.29, 1.82) is 0 Å². The minimum Gasteiger partial charge on any atom is -0.481 e. The molecule has 2 aromatic carbocycles. The van der Waals surface area contributed by atoms with Crippen LogP contribution in [0.2, 0.25) is 0 Å². The van der Waals surface area contributed by atoms with Gasteiger partial charge in [0.1, 0.15) is 22.8 Å². The highest BCUT2D eigenvalue weighted by Gasteiger charge is 2.17. The molecule has 0 aliphatic rings. The minimum absolute atomic E-state index is 0.202. The van der Waals surface area contributed by atoms with E-state index in [4.69, 9.17) is 4.74 Å². The Bertz CT molecular complexity index is 1240. The van der Waals surface area contributed by atoms with E-state index in [2.05, 4.69) is 20.3 Å². The van der Waals surface area contributed by atoms with Crippen molar-refractivity contribution in [2.45, 2.75) is 13.8 Å². The number of carbonyl (C=O) groups excluding carboxylic acids is 1. The van der Waals surface area contributed by atoms with Gasteiger partial charge in [0.15, 0.2) is 6.61 Å². The van der Waals surface area contributed by atoms with Gasteiger partial charge in [-0.25, -0.2) is 4.39 Å². The van der Waals surface area contributed by atoms with Crippen LogP contribution < -0.4 is 4.74 Å². The molecule has 7 nitrogen and oxygen atoms in total. The summed E-state index contributed by atoms with van der Waals surface area (Å²) in [5, 5.41) is 13.5. The second kappa shape index (κ2) is 8.20. The van der Waals surface area contributed by atoms with Crippen LogP contribution in [-0.2, 0) is 0 Å². The summed E-state index contributed by atoms with van der Waals surface area (Å²) in [5.41, 5.74) is 2.78. The van der Waals surface area contributed by atoms with Crippen molar-refractivity contribution >= 4 is 28.2 Å². The molecule has 0 atom stereocenters. The predicted molar refractivity (Wildman–Crippen MR) is 110 cm³/mol. The molecule has 2 heterocycles. The lowest BCUT2D eigenvalue weighted by atomic mass is 10.2. The molecule has 0 radical (unpaired) electrons. The maximum absolute atomic E-state index is 13.0. The van der Waals surface area contributed by atoms with Crippen molar-refractivity contribution in [3.63, 3.8) is 0 Å². The number of azo groups is 1. The highest BCUT2D eigenvalue weighted by atomic mass is 19.1. The molecule has 0 unspecified atom stereocenters. The number of halogens is 1. The van der Waals surface area contributed by atoms with Gasteiger partial charge in [-0.1, -0.05) is 18.2 Å². The van der Waals surface area contributed by atoms with Crippen molar-refractivity contribution in [2.75, 3.05) is 6.61 Å². The van der Waals surface area contributed by atoms with Crippen LogP contribution in [0, 0.1) is 19.7 Å². The molecule has 0 N–H and O–H groups in total. The van der Waals surface area contributed by atoms with Gasteiger partial charge in [0.25, 0.3) is 5.91 Å².